The van der Waals surface area contributed by atoms with Gasteiger partial charge in [0.2, 0.25) is 0 Å². The first-order valence-electron chi connectivity index (χ1n) is 11.2. The van der Waals surface area contributed by atoms with Crippen LogP contribution in [0.3, 0.4) is 0 Å². The van der Waals surface area contributed by atoms with Crippen LogP contribution in [0.25, 0.3) is 0 Å². The second-order valence-corrected chi connectivity index (χ2v) is 8.43. The molecule has 0 heterocycles. The number of nitrogens with one attached hydrogen (secondary N) is 1. The molecule has 4 nitrogen and oxygen atoms in total. The van der Waals surface area contributed by atoms with E-state index < -0.39 is 6.67 Å². The van der Waals surface area contributed by atoms with Gasteiger partial charge in [-0.3, -0.25) is 0 Å². The Morgan fingerprint density at radius 3 is 2.32 bits per heavy atom. The van der Waals surface area contributed by atoms with E-state index in [1.807, 2.05) is 7.05 Å². The number of halogens is 1. The summed E-state index contributed by atoms with van der Waals surface area (Å²) in [4.78, 5) is 0. The van der Waals surface area contributed by atoms with Crippen LogP contribution in [0.15, 0.2) is 12.2 Å². The van der Waals surface area contributed by atoms with Crippen LogP contribution in [-0.2, 0) is 14.2 Å². The van der Waals surface area contributed by atoms with Crippen molar-refractivity contribution in [1.82, 2.24) is 5.32 Å². The summed E-state index contributed by atoms with van der Waals surface area (Å²) in [6.45, 7) is 8.82. The first-order valence-corrected chi connectivity index (χ1v) is 11.2. The Labute approximate surface area is 172 Å². The maximum atomic E-state index is 11.9. The molecule has 0 saturated heterocycles. The predicted octanol–water partition coefficient (Wildman–Crippen LogP) is 4.93. The molecule has 0 bridgehead atoms. The molecule has 1 aliphatic carbocycles. The monoisotopic (exact) mass is 401 g/mol. The van der Waals surface area contributed by atoms with Crippen molar-refractivity contribution in [3.63, 3.8) is 0 Å². The first-order chi connectivity index (χ1) is 13.5. The number of ether oxygens (including phenoxy) is 3. The number of allylic oxidation sites excluding steroid dienone is 2. The maximum absolute atomic E-state index is 11.9. The third kappa shape index (κ3) is 11.5. The Bertz CT molecular complexity index is 397. The van der Waals surface area contributed by atoms with Gasteiger partial charge in [0.25, 0.3) is 0 Å². The summed E-state index contributed by atoms with van der Waals surface area (Å²) in [7, 11) is 2.04. The van der Waals surface area contributed by atoms with Crippen LogP contribution in [-0.4, -0.2) is 58.9 Å². The number of alkyl halides is 1. The summed E-state index contributed by atoms with van der Waals surface area (Å²) in [6, 6.07) is 0.595. The lowest BCUT2D eigenvalue weighted by molar-refractivity contribution is -0.0311. The van der Waals surface area contributed by atoms with E-state index in [1.54, 1.807) is 0 Å². The van der Waals surface area contributed by atoms with Gasteiger partial charge in [0.1, 0.15) is 6.67 Å². The van der Waals surface area contributed by atoms with Crippen LogP contribution >= 0.6 is 0 Å². The minimum atomic E-state index is -0.437. The molecule has 1 aliphatic rings. The summed E-state index contributed by atoms with van der Waals surface area (Å²) >= 11 is 0. The zero-order valence-corrected chi connectivity index (χ0v) is 18.7. The average molecular weight is 402 g/mol. The van der Waals surface area contributed by atoms with Gasteiger partial charge in [-0.2, -0.15) is 0 Å². The van der Waals surface area contributed by atoms with Crippen molar-refractivity contribution in [2.24, 2.45) is 11.3 Å². The van der Waals surface area contributed by atoms with Crippen molar-refractivity contribution in [2.45, 2.75) is 77.9 Å². The Hall–Kier alpha value is -0.490. The fraction of sp³-hybridized carbons (Fsp3) is 0.913. The SMILES string of the molecule is CCC(/C=C/C1(C)CCC(OCCOCCOCCF)CC1)CCC(C)NC. The van der Waals surface area contributed by atoms with Crippen LogP contribution in [0.4, 0.5) is 4.39 Å². The number of hydrogen-bond donors (Lipinski definition) is 1. The molecule has 0 aromatic heterocycles. The molecular formula is C23H44FNO3. The van der Waals surface area contributed by atoms with Crippen LogP contribution in [0.5, 0.6) is 0 Å². The number of hydrogen-bond acceptors (Lipinski definition) is 4. The van der Waals surface area contributed by atoms with E-state index in [-0.39, 0.29) is 6.61 Å². The summed E-state index contributed by atoms with van der Waals surface area (Å²) in [5, 5.41) is 3.33. The molecule has 5 heteroatoms. The Morgan fingerprint density at radius 1 is 1.07 bits per heavy atom. The number of rotatable bonds is 16. The molecule has 0 amide bonds. The molecule has 2 unspecified atom stereocenters. The van der Waals surface area contributed by atoms with Crippen molar-refractivity contribution in [3.05, 3.63) is 12.2 Å². The molecule has 0 radical (unpaired) electrons. The predicted molar refractivity (Wildman–Crippen MR) is 115 cm³/mol. The minimum absolute atomic E-state index is 0.156. The normalized spacial score (nSPS) is 25.2. The molecule has 1 rings (SSSR count). The molecule has 1 saturated carbocycles. The molecule has 0 aromatic carbocycles. The van der Waals surface area contributed by atoms with E-state index in [1.165, 1.54) is 32.1 Å². The van der Waals surface area contributed by atoms with E-state index in [9.17, 15) is 4.39 Å². The minimum Gasteiger partial charge on any atom is -0.377 e. The standard InChI is InChI=1S/C23H44FNO3/c1-5-21(7-6-20(2)25-4)8-11-23(3)12-9-22(10-13-23)28-19-18-27-17-16-26-15-14-24/h8,11,20-22,25H,5-7,9-10,12-19H2,1-4H3/b11-8+. The highest BCUT2D eigenvalue weighted by Gasteiger charge is 2.29. The van der Waals surface area contributed by atoms with Crippen molar-refractivity contribution >= 4 is 0 Å². The fourth-order valence-electron chi connectivity index (χ4n) is 3.65. The molecule has 28 heavy (non-hydrogen) atoms. The van der Waals surface area contributed by atoms with Gasteiger partial charge in [0.05, 0.1) is 39.1 Å². The lowest BCUT2D eigenvalue weighted by Gasteiger charge is -2.35. The first kappa shape index (κ1) is 25.5. The lowest BCUT2D eigenvalue weighted by atomic mass is 9.74. The summed E-state index contributed by atoms with van der Waals surface area (Å²) in [5.74, 6) is 0.688. The Kier molecular flexibility index (Phi) is 14.0. The van der Waals surface area contributed by atoms with Gasteiger partial charge in [-0.25, -0.2) is 4.39 Å². The second-order valence-electron chi connectivity index (χ2n) is 8.43. The smallest absolute Gasteiger partial charge is 0.113 e. The molecule has 2 atom stereocenters. The lowest BCUT2D eigenvalue weighted by Crippen LogP contribution is -2.28. The van der Waals surface area contributed by atoms with E-state index in [0.29, 0.717) is 49.9 Å². The summed E-state index contributed by atoms with van der Waals surface area (Å²) < 4.78 is 28.3. The van der Waals surface area contributed by atoms with Gasteiger partial charge in [0.15, 0.2) is 0 Å². The van der Waals surface area contributed by atoms with Crippen LogP contribution < -0.4 is 5.32 Å². The van der Waals surface area contributed by atoms with Gasteiger partial charge < -0.3 is 19.5 Å². The third-order valence-electron chi connectivity index (χ3n) is 6.01. The van der Waals surface area contributed by atoms with E-state index >= 15 is 0 Å². The highest BCUT2D eigenvalue weighted by atomic mass is 19.1. The van der Waals surface area contributed by atoms with Crippen molar-refractivity contribution < 1.29 is 18.6 Å². The Morgan fingerprint density at radius 2 is 1.71 bits per heavy atom. The van der Waals surface area contributed by atoms with Gasteiger partial charge in [-0.15, -0.1) is 0 Å². The summed E-state index contributed by atoms with van der Waals surface area (Å²) in [5.41, 5.74) is 0.312. The van der Waals surface area contributed by atoms with Crippen LogP contribution in [0.1, 0.15) is 65.7 Å². The molecule has 0 aromatic rings. The second kappa shape index (κ2) is 15.4. The van der Waals surface area contributed by atoms with Gasteiger partial charge in [0, 0.05) is 6.04 Å². The molecule has 1 fully saturated rings. The van der Waals surface area contributed by atoms with Crippen molar-refractivity contribution in [3.8, 4) is 0 Å². The quantitative estimate of drug-likeness (QED) is 0.294. The highest BCUT2D eigenvalue weighted by molar-refractivity contribution is 5.02. The topological polar surface area (TPSA) is 39.7 Å². The van der Waals surface area contributed by atoms with Crippen molar-refractivity contribution in [2.75, 3.05) is 46.8 Å². The summed E-state index contributed by atoms with van der Waals surface area (Å²) in [6.07, 6.45) is 13.6. The highest BCUT2D eigenvalue weighted by Crippen LogP contribution is 2.38. The van der Waals surface area contributed by atoms with Crippen LogP contribution in [0, 0.1) is 11.3 Å². The molecule has 0 spiro atoms. The molecule has 1 N–H and O–H groups in total. The largest absolute Gasteiger partial charge is 0.377 e. The molecular weight excluding hydrogens is 357 g/mol. The van der Waals surface area contributed by atoms with Crippen molar-refractivity contribution in [1.29, 1.82) is 0 Å². The zero-order valence-electron chi connectivity index (χ0n) is 18.7. The van der Waals surface area contributed by atoms with Crippen LogP contribution in [0.2, 0.25) is 0 Å². The fourth-order valence-corrected chi connectivity index (χ4v) is 3.65. The van der Waals surface area contributed by atoms with Gasteiger partial charge >= 0.3 is 0 Å². The molecule has 0 aliphatic heterocycles. The van der Waals surface area contributed by atoms with Gasteiger partial charge in [-0.1, -0.05) is 26.0 Å². The Balaban J connectivity index is 2.18. The zero-order chi connectivity index (χ0) is 20.7. The maximum Gasteiger partial charge on any atom is 0.113 e. The van der Waals surface area contributed by atoms with E-state index in [0.717, 1.165) is 12.8 Å². The third-order valence-corrected chi connectivity index (χ3v) is 6.01. The van der Waals surface area contributed by atoms with E-state index in [2.05, 4.69) is 38.2 Å². The average Bonchev–Trinajstić information content (AvgIpc) is 2.71. The van der Waals surface area contributed by atoms with E-state index in [4.69, 9.17) is 14.2 Å². The van der Waals surface area contributed by atoms with Gasteiger partial charge in [-0.05, 0) is 70.3 Å². The molecule has 166 valence electrons.